The lowest BCUT2D eigenvalue weighted by Crippen LogP contribution is -2.53. The molecule has 37 heavy (non-hydrogen) atoms. The summed E-state index contributed by atoms with van der Waals surface area (Å²) in [6, 6.07) is 15.9. The zero-order valence-electron chi connectivity index (χ0n) is 22.9. The first-order valence-corrected chi connectivity index (χ1v) is 14.6. The highest BCUT2D eigenvalue weighted by molar-refractivity contribution is 7.92. The van der Waals surface area contributed by atoms with E-state index in [-0.39, 0.29) is 31.2 Å². The van der Waals surface area contributed by atoms with E-state index in [1.165, 1.54) is 4.31 Å². The van der Waals surface area contributed by atoms with E-state index in [0.717, 1.165) is 11.8 Å². The molecule has 0 radical (unpaired) electrons. The molecule has 1 atom stereocenters. The van der Waals surface area contributed by atoms with E-state index in [1.54, 1.807) is 29.2 Å². The Bertz CT molecular complexity index is 1130. The second-order valence-corrected chi connectivity index (χ2v) is 11.9. The van der Waals surface area contributed by atoms with Crippen molar-refractivity contribution in [2.24, 2.45) is 0 Å². The van der Waals surface area contributed by atoms with Gasteiger partial charge in [-0.2, -0.15) is 0 Å². The average molecular weight is 532 g/mol. The molecule has 2 aromatic rings. The second-order valence-electron chi connectivity index (χ2n) is 10.0. The van der Waals surface area contributed by atoms with Gasteiger partial charge in [-0.25, -0.2) is 8.42 Å². The zero-order valence-corrected chi connectivity index (χ0v) is 23.7. The fourth-order valence-corrected chi connectivity index (χ4v) is 5.04. The molecule has 0 aliphatic heterocycles. The molecule has 0 aliphatic rings. The van der Waals surface area contributed by atoms with Crippen LogP contribution in [0.15, 0.2) is 54.6 Å². The minimum absolute atomic E-state index is 0.0922. The second kappa shape index (κ2) is 13.5. The molecule has 0 fully saturated rings. The van der Waals surface area contributed by atoms with Crippen LogP contribution in [0.25, 0.3) is 0 Å². The van der Waals surface area contributed by atoms with Crippen molar-refractivity contribution in [3.05, 3.63) is 60.2 Å². The molecule has 8 nitrogen and oxygen atoms in total. The maximum absolute atomic E-state index is 13.5. The number of rotatable bonds is 13. The van der Waals surface area contributed by atoms with Gasteiger partial charge in [0, 0.05) is 25.0 Å². The minimum atomic E-state index is -3.62. The van der Waals surface area contributed by atoms with E-state index >= 15 is 0 Å². The summed E-state index contributed by atoms with van der Waals surface area (Å²) in [5, 5.41) is 2.99. The molecule has 0 aliphatic carbocycles. The highest BCUT2D eigenvalue weighted by Gasteiger charge is 2.31. The van der Waals surface area contributed by atoms with Gasteiger partial charge in [0.25, 0.3) is 0 Å². The van der Waals surface area contributed by atoms with E-state index in [9.17, 15) is 18.0 Å². The number of sulfonamides is 1. The Morgan fingerprint density at radius 2 is 1.62 bits per heavy atom. The van der Waals surface area contributed by atoms with Crippen LogP contribution in [0.3, 0.4) is 0 Å². The number of hydrogen-bond donors (Lipinski definition) is 1. The molecule has 0 aromatic heterocycles. The number of carbonyl (C=O) groups is 2. The van der Waals surface area contributed by atoms with Crippen LogP contribution in [0.2, 0.25) is 0 Å². The van der Waals surface area contributed by atoms with E-state index in [1.807, 2.05) is 65.0 Å². The largest absolute Gasteiger partial charge is 0.492 e. The number of para-hydroxylation sites is 2. The summed E-state index contributed by atoms with van der Waals surface area (Å²) in [5.74, 6) is 0.0614. The van der Waals surface area contributed by atoms with Crippen molar-refractivity contribution in [2.45, 2.75) is 72.0 Å². The van der Waals surface area contributed by atoms with Gasteiger partial charge in [-0.1, -0.05) is 49.4 Å². The SMILES string of the molecule is CCOc1ccccc1N(CCCC(=O)N(Cc1ccccc1)[C@@H](CC)C(=O)NC(C)(C)C)S(C)(=O)=O. The van der Waals surface area contributed by atoms with Crippen molar-refractivity contribution in [1.82, 2.24) is 10.2 Å². The minimum Gasteiger partial charge on any atom is -0.492 e. The Hall–Kier alpha value is -3.07. The first kappa shape index (κ1) is 30.2. The van der Waals surface area contributed by atoms with E-state index in [0.29, 0.717) is 31.0 Å². The molecule has 0 spiro atoms. The van der Waals surface area contributed by atoms with Gasteiger partial charge in [-0.05, 0) is 58.2 Å². The van der Waals surface area contributed by atoms with Crippen LogP contribution in [-0.2, 0) is 26.2 Å². The van der Waals surface area contributed by atoms with Gasteiger partial charge in [0.2, 0.25) is 21.8 Å². The summed E-state index contributed by atoms with van der Waals surface area (Å²) >= 11 is 0. The number of hydrogen-bond acceptors (Lipinski definition) is 5. The van der Waals surface area contributed by atoms with Crippen molar-refractivity contribution in [2.75, 3.05) is 23.7 Å². The van der Waals surface area contributed by atoms with Gasteiger partial charge in [-0.3, -0.25) is 13.9 Å². The van der Waals surface area contributed by atoms with Crippen molar-refractivity contribution in [3.63, 3.8) is 0 Å². The smallest absolute Gasteiger partial charge is 0.243 e. The summed E-state index contributed by atoms with van der Waals surface area (Å²) in [4.78, 5) is 28.2. The van der Waals surface area contributed by atoms with Crippen LogP contribution in [0.1, 0.15) is 59.4 Å². The average Bonchev–Trinajstić information content (AvgIpc) is 2.81. The predicted molar refractivity (Wildman–Crippen MR) is 148 cm³/mol. The molecular weight excluding hydrogens is 490 g/mol. The fourth-order valence-electron chi connectivity index (χ4n) is 4.08. The van der Waals surface area contributed by atoms with Gasteiger partial charge in [0.15, 0.2) is 0 Å². The Morgan fingerprint density at radius 1 is 1.00 bits per heavy atom. The van der Waals surface area contributed by atoms with Crippen molar-refractivity contribution >= 4 is 27.5 Å². The van der Waals surface area contributed by atoms with E-state index in [4.69, 9.17) is 4.74 Å². The van der Waals surface area contributed by atoms with Crippen molar-refractivity contribution in [1.29, 1.82) is 0 Å². The molecule has 9 heteroatoms. The molecule has 0 saturated heterocycles. The molecule has 0 bridgehead atoms. The van der Waals surface area contributed by atoms with Gasteiger partial charge >= 0.3 is 0 Å². The number of anilines is 1. The molecule has 2 amide bonds. The molecule has 0 saturated carbocycles. The molecule has 2 aromatic carbocycles. The summed E-state index contributed by atoms with van der Waals surface area (Å²) in [7, 11) is -3.62. The lowest BCUT2D eigenvalue weighted by molar-refractivity contribution is -0.142. The third kappa shape index (κ3) is 9.39. The fraction of sp³-hybridized carbons (Fsp3) is 0.500. The number of ether oxygens (including phenoxy) is 1. The summed E-state index contributed by atoms with van der Waals surface area (Å²) < 4.78 is 32.2. The Balaban J connectivity index is 2.24. The summed E-state index contributed by atoms with van der Waals surface area (Å²) in [5.41, 5.74) is 0.924. The Kier molecular flexibility index (Phi) is 11.0. The maximum Gasteiger partial charge on any atom is 0.243 e. The number of carbonyl (C=O) groups excluding carboxylic acids is 2. The first-order valence-electron chi connectivity index (χ1n) is 12.7. The molecule has 1 N–H and O–H groups in total. The summed E-state index contributed by atoms with van der Waals surface area (Å²) in [6.07, 6.45) is 1.98. The third-order valence-corrected chi connectivity index (χ3v) is 6.85. The normalized spacial score (nSPS) is 12.5. The number of amides is 2. The molecule has 204 valence electrons. The highest BCUT2D eigenvalue weighted by atomic mass is 32.2. The molecule has 0 heterocycles. The predicted octanol–water partition coefficient (Wildman–Crippen LogP) is 4.35. The van der Waals surface area contributed by atoms with E-state index < -0.39 is 21.6 Å². The van der Waals surface area contributed by atoms with Gasteiger partial charge < -0.3 is 15.0 Å². The molecule has 2 rings (SSSR count). The van der Waals surface area contributed by atoms with Crippen molar-refractivity contribution in [3.8, 4) is 5.75 Å². The lowest BCUT2D eigenvalue weighted by Gasteiger charge is -2.33. The number of nitrogens with zero attached hydrogens (tertiary/aromatic N) is 2. The first-order chi connectivity index (χ1) is 17.4. The van der Waals surface area contributed by atoms with Crippen LogP contribution in [-0.4, -0.2) is 56.1 Å². The van der Waals surface area contributed by atoms with Gasteiger partial charge in [0.05, 0.1) is 18.6 Å². The highest BCUT2D eigenvalue weighted by Crippen LogP contribution is 2.30. The number of benzene rings is 2. The summed E-state index contributed by atoms with van der Waals surface area (Å²) in [6.45, 7) is 10.2. The molecule has 0 unspecified atom stereocenters. The van der Waals surface area contributed by atoms with Crippen molar-refractivity contribution < 1.29 is 22.7 Å². The lowest BCUT2D eigenvalue weighted by atomic mass is 10.0. The topological polar surface area (TPSA) is 96.0 Å². The third-order valence-electron chi connectivity index (χ3n) is 5.67. The van der Waals surface area contributed by atoms with Gasteiger partial charge in [0.1, 0.15) is 11.8 Å². The maximum atomic E-state index is 13.5. The van der Waals surface area contributed by atoms with E-state index in [2.05, 4.69) is 5.32 Å². The van der Waals surface area contributed by atoms with Crippen LogP contribution < -0.4 is 14.4 Å². The van der Waals surface area contributed by atoms with Crippen LogP contribution in [0.4, 0.5) is 5.69 Å². The zero-order chi connectivity index (χ0) is 27.6. The molecular formula is C28H41N3O5S. The van der Waals surface area contributed by atoms with Crippen LogP contribution >= 0.6 is 0 Å². The monoisotopic (exact) mass is 531 g/mol. The Morgan fingerprint density at radius 3 is 2.19 bits per heavy atom. The van der Waals surface area contributed by atoms with Crippen LogP contribution in [0.5, 0.6) is 5.75 Å². The van der Waals surface area contributed by atoms with Crippen LogP contribution in [0, 0.1) is 0 Å². The Labute approximate surface area is 222 Å². The quantitative estimate of drug-likeness (QED) is 0.415. The van der Waals surface area contributed by atoms with Gasteiger partial charge in [-0.15, -0.1) is 0 Å². The number of nitrogens with one attached hydrogen (secondary N) is 1. The standard InChI is InChI=1S/C28H41N3O5S/c1-7-23(27(33)29-28(3,4)5)30(21-22-15-10-9-11-16-22)26(32)19-14-20-31(37(6,34)35)24-17-12-13-18-25(24)36-8-2/h9-13,15-18,23H,7-8,14,19-21H2,1-6H3,(H,29,33)/t23-/m0/s1.